The Bertz CT molecular complexity index is 1210. The zero-order chi connectivity index (χ0) is 22.5. The molecule has 1 N–H and O–H groups in total. The van der Waals surface area contributed by atoms with E-state index < -0.39 is 11.6 Å². The Balaban J connectivity index is 1.92. The zero-order valence-corrected chi connectivity index (χ0v) is 18.0. The highest BCUT2D eigenvalue weighted by molar-refractivity contribution is 5.97. The van der Waals surface area contributed by atoms with E-state index in [4.69, 9.17) is 9.15 Å². The molecule has 2 aromatic carbocycles. The van der Waals surface area contributed by atoms with Gasteiger partial charge in [0.25, 0.3) is 0 Å². The summed E-state index contributed by atoms with van der Waals surface area (Å²) in [7, 11) is 0. The number of rotatable bonds is 6. The van der Waals surface area contributed by atoms with Crippen molar-refractivity contribution >= 4 is 28.9 Å². The minimum absolute atomic E-state index is 0.0182. The van der Waals surface area contributed by atoms with Crippen molar-refractivity contribution in [1.82, 2.24) is 5.32 Å². The number of esters is 1. The SMILES string of the molecule is CC(=O)N/C(=C/c1ccccc1)C(=O)OCc1cc(=O)oc2cc(C)c(C(C)C)cc12. The van der Waals surface area contributed by atoms with E-state index in [2.05, 4.69) is 19.2 Å². The molecular weight excluding hydrogens is 394 g/mol. The molecule has 0 aliphatic carbocycles. The fourth-order valence-electron chi connectivity index (χ4n) is 3.41. The molecule has 0 saturated carbocycles. The summed E-state index contributed by atoms with van der Waals surface area (Å²) in [5.41, 5.74) is 3.38. The molecule has 1 aromatic heterocycles. The number of hydrogen-bond acceptors (Lipinski definition) is 5. The first-order valence-corrected chi connectivity index (χ1v) is 10.0. The molecule has 1 amide bonds. The van der Waals surface area contributed by atoms with Crippen LogP contribution < -0.4 is 10.9 Å². The second-order valence-electron chi connectivity index (χ2n) is 7.68. The fraction of sp³-hybridized carbons (Fsp3) is 0.240. The predicted molar refractivity (Wildman–Crippen MR) is 119 cm³/mol. The van der Waals surface area contributed by atoms with E-state index in [0.29, 0.717) is 11.1 Å². The van der Waals surface area contributed by atoms with E-state index in [1.54, 1.807) is 18.2 Å². The van der Waals surface area contributed by atoms with Crippen molar-refractivity contribution in [2.45, 2.75) is 40.2 Å². The third-order valence-electron chi connectivity index (χ3n) is 4.84. The molecule has 0 atom stereocenters. The average molecular weight is 419 g/mol. The lowest BCUT2D eigenvalue weighted by atomic mass is 9.95. The quantitative estimate of drug-likeness (QED) is 0.363. The molecule has 0 radical (unpaired) electrons. The first-order valence-electron chi connectivity index (χ1n) is 10.0. The van der Waals surface area contributed by atoms with Crippen LogP contribution >= 0.6 is 0 Å². The summed E-state index contributed by atoms with van der Waals surface area (Å²) in [6.07, 6.45) is 1.54. The van der Waals surface area contributed by atoms with Gasteiger partial charge in [-0.1, -0.05) is 44.2 Å². The van der Waals surface area contributed by atoms with Crippen LogP contribution in [0.5, 0.6) is 0 Å². The molecule has 0 bridgehead atoms. The Morgan fingerprint density at radius 3 is 2.48 bits per heavy atom. The van der Waals surface area contributed by atoms with Gasteiger partial charge in [0.2, 0.25) is 5.91 Å². The van der Waals surface area contributed by atoms with E-state index in [9.17, 15) is 14.4 Å². The zero-order valence-electron chi connectivity index (χ0n) is 18.0. The maximum atomic E-state index is 12.7. The van der Waals surface area contributed by atoms with Gasteiger partial charge in [0.05, 0.1) is 0 Å². The van der Waals surface area contributed by atoms with Crippen molar-refractivity contribution in [3.8, 4) is 0 Å². The first kappa shape index (κ1) is 22.0. The number of amides is 1. The summed E-state index contributed by atoms with van der Waals surface area (Å²) in [6, 6.07) is 14.2. The van der Waals surface area contributed by atoms with E-state index in [0.717, 1.165) is 22.1 Å². The van der Waals surface area contributed by atoms with Crippen molar-refractivity contribution in [1.29, 1.82) is 0 Å². The Kier molecular flexibility index (Phi) is 6.70. The molecule has 160 valence electrons. The van der Waals surface area contributed by atoms with Gasteiger partial charge in [0, 0.05) is 23.9 Å². The van der Waals surface area contributed by atoms with Crippen LogP contribution in [-0.4, -0.2) is 11.9 Å². The number of aryl methyl sites for hydroxylation is 1. The second-order valence-corrected chi connectivity index (χ2v) is 7.68. The highest BCUT2D eigenvalue weighted by Gasteiger charge is 2.16. The van der Waals surface area contributed by atoms with Crippen LogP contribution in [0.4, 0.5) is 0 Å². The molecule has 1 heterocycles. The number of benzene rings is 2. The van der Waals surface area contributed by atoms with Crippen LogP contribution in [0.1, 0.15) is 48.9 Å². The number of fused-ring (bicyclic) bond motifs is 1. The van der Waals surface area contributed by atoms with E-state index >= 15 is 0 Å². The molecule has 6 nitrogen and oxygen atoms in total. The number of nitrogens with one attached hydrogen (secondary N) is 1. The third-order valence-corrected chi connectivity index (χ3v) is 4.84. The lowest BCUT2D eigenvalue weighted by Gasteiger charge is -2.14. The maximum absolute atomic E-state index is 12.7. The highest BCUT2D eigenvalue weighted by atomic mass is 16.5. The van der Waals surface area contributed by atoms with Gasteiger partial charge in [0.1, 0.15) is 17.9 Å². The summed E-state index contributed by atoms with van der Waals surface area (Å²) in [5, 5.41) is 3.23. The third kappa shape index (κ3) is 5.48. The van der Waals surface area contributed by atoms with Gasteiger partial charge >= 0.3 is 11.6 Å². The van der Waals surface area contributed by atoms with Crippen molar-refractivity contribution in [3.63, 3.8) is 0 Å². The topological polar surface area (TPSA) is 85.6 Å². The normalized spacial score (nSPS) is 11.6. The van der Waals surface area contributed by atoms with Gasteiger partial charge < -0.3 is 14.5 Å². The van der Waals surface area contributed by atoms with Crippen LogP contribution in [0.3, 0.4) is 0 Å². The van der Waals surface area contributed by atoms with Gasteiger partial charge in [-0.3, -0.25) is 4.79 Å². The van der Waals surface area contributed by atoms with Crippen molar-refractivity contribution in [2.24, 2.45) is 0 Å². The number of carbonyl (C=O) groups excluding carboxylic acids is 2. The molecule has 3 aromatic rings. The van der Waals surface area contributed by atoms with Crippen molar-refractivity contribution in [2.75, 3.05) is 0 Å². The molecule has 0 unspecified atom stereocenters. The number of carbonyl (C=O) groups is 2. The van der Waals surface area contributed by atoms with Crippen LogP contribution in [0.15, 0.2) is 63.4 Å². The van der Waals surface area contributed by atoms with Crippen LogP contribution in [0.25, 0.3) is 17.0 Å². The molecule has 0 saturated heterocycles. The molecule has 31 heavy (non-hydrogen) atoms. The van der Waals surface area contributed by atoms with E-state index in [1.165, 1.54) is 13.0 Å². The highest BCUT2D eigenvalue weighted by Crippen LogP contribution is 2.27. The molecule has 0 aliphatic heterocycles. The standard InChI is InChI=1S/C25H25NO5/c1-15(2)20-13-21-19(12-24(28)31-23(21)10-16(20)3)14-30-25(29)22(26-17(4)27)11-18-8-6-5-7-9-18/h5-13,15H,14H2,1-4H3,(H,26,27)/b22-11+. The van der Waals surface area contributed by atoms with Crippen LogP contribution in [0, 0.1) is 6.92 Å². The lowest BCUT2D eigenvalue weighted by Crippen LogP contribution is -2.26. The largest absolute Gasteiger partial charge is 0.456 e. The maximum Gasteiger partial charge on any atom is 0.355 e. The Morgan fingerprint density at radius 1 is 1.13 bits per heavy atom. The summed E-state index contributed by atoms with van der Waals surface area (Å²) in [6.45, 7) is 7.32. The lowest BCUT2D eigenvalue weighted by molar-refractivity contribution is -0.141. The van der Waals surface area contributed by atoms with E-state index in [1.807, 2.05) is 37.3 Å². The molecule has 0 fully saturated rings. The Hall–Kier alpha value is -3.67. The second kappa shape index (κ2) is 9.43. The van der Waals surface area contributed by atoms with Gasteiger partial charge in [-0.15, -0.1) is 0 Å². The molecule has 3 rings (SSSR count). The van der Waals surface area contributed by atoms with Crippen molar-refractivity contribution in [3.05, 3.63) is 86.9 Å². The number of ether oxygens (including phenoxy) is 1. The smallest absolute Gasteiger partial charge is 0.355 e. The number of hydrogen-bond donors (Lipinski definition) is 1. The summed E-state index contributed by atoms with van der Waals surface area (Å²) < 4.78 is 10.8. The molecule has 0 aliphatic rings. The summed E-state index contributed by atoms with van der Waals surface area (Å²) in [4.78, 5) is 36.3. The van der Waals surface area contributed by atoms with E-state index in [-0.39, 0.29) is 24.1 Å². The summed E-state index contributed by atoms with van der Waals surface area (Å²) >= 11 is 0. The van der Waals surface area contributed by atoms with Gasteiger partial charge in [-0.05, 0) is 47.7 Å². The Labute approximate surface area is 180 Å². The molecular formula is C25H25NO5. The first-order chi connectivity index (χ1) is 14.7. The van der Waals surface area contributed by atoms with Gasteiger partial charge in [0.15, 0.2) is 0 Å². The summed E-state index contributed by atoms with van der Waals surface area (Å²) in [5.74, 6) is -0.800. The average Bonchev–Trinajstić information content (AvgIpc) is 2.70. The molecule has 0 spiro atoms. The molecule has 6 heteroatoms. The monoisotopic (exact) mass is 419 g/mol. The van der Waals surface area contributed by atoms with Gasteiger partial charge in [-0.2, -0.15) is 0 Å². The minimum atomic E-state index is -0.698. The van der Waals surface area contributed by atoms with Crippen molar-refractivity contribution < 1.29 is 18.7 Å². The van der Waals surface area contributed by atoms with Crippen LogP contribution in [0.2, 0.25) is 0 Å². The van der Waals surface area contributed by atoms with Gasteiger partial charge in [-0.25, -0.2) is 9.59 Å². The predicted octanol–water partition coefficient (Wildman–Crippen LogP) is 4.45. The minimum Gasteiger partial charge on any atom is -0.456 e. The Morgan fingerprint density at radius 2 is 1.84 bits per heavy atom. The fourth-order valence-corrected chi connectivity index (χ4v) is 3.41. The van der Waals surface area contributed by atoms with Crippen LogP contribution in [-0.2, 0) is 20.9 Å².